The first-order chi connectivity index (χ1) is 6.50. The van der Waals surface area contributed by atoms with Crippen LogP contribution in [0.1, 0.15) is 26.7 Å². The van der Waals surface area contributed by atoms with Gasteiger partial charge in [0.1, 0.15) is 5.78 Å². The smallest absolute Gasteiger partial charge is 0.407 e. The Balaban J connectivity index is 2.42. The predicted octanol–water partition coefficient (Wildman–Crippen LogP) is 1.60. The summed E-state index contributed by atoms with van der Waals surface area (Å²) in [5, 5.41) is 8.71. The van der Waals surface area contributed by atoms with Crippen molar-refractivity contribution in [1.29, 1.82) is 0 Å². The van der Waals surface area contributed by atoms with E-state index < -0.39 is 6.09 Å². The van der Waals surface area contributed by atoms with Crippen molar-refractivity contribution in [3.05, 3.63) is 0 Å². The molecular formula is C10H17NO3. The summed E-state index contributed by atoms with van der Waals surface area (Å²) in [7, 11) is 0. The van der Waals surface area contributed by atoms with Crippen LogP contribution in [0.15, 0.2) is 0 Å². The second-order valence-corrected chi connectivity index (χ2v) is 4.28. The highest BCUT2D eigenvalue weighted by Gasteiger charge is 2.30. The zero-order valence-electron chi connectivity index (χ0n) is 8.69. The summed E-state index contributed by atoms with van der Waals surface area (Å²) in [5.41, 5.74) is 0. The van der Waals surface area contributed by atoms with Crippen molar-refractivity contribution in [3.8, 4) is 0 Å². The molecule has 1 saturated heterocycles. The molecule has 1 atom stereocenters. The second kappa shape index (κ2) is 4.44. The highest BCUT2D eigenvalue weighted by atomic mass is 16.4. The quantitative estimate of drug-likeness (QED) is 0.751. The molecule has 1 fully saturated rings. The lowest BCUT2D eigenvalue weighted by Crippen LogP contribution is -2.28. The Hall–Kier alpha value is -1.06. The molecule has 0 aliphatic carbocycles. The molecule has 1 amide bonds. The van der Waals surface area contributed by atoms with Crippen LogP contribution in [0, 0.1) is 11.8 Å². The number of ketones is 1. The van der Waals surface area contributed by atoms with Crippen LogP contribution >= 0.6 is 0 Å². The normalized spacial score (nSPS) is 21.6. The van der Waals surface area contributed by atoms with Gasteiger partial charge in [0.2, 0.25) is 0 Å². The fourth-order valence-corrected chi connectivity index (χ4v) is 1.77. The van der Waals surface area contributed by atoms with Crippen LogP contribution in [0.3, 0.4) is 0 Å². The molecule has 0 aromatic heterocycles. The summed E-state index contributed by atoms with van der Waals surface area (Å²) in [6.45, 7) is 4.90. The summed E-state index contributed by atoms with van der Waals surface area (Å²) < 4.78 is 0. The highest BCUT2D eigenvalue weighted by Crippen LogP contribution is 2.20. The zero-order valence-corrected chi connectivity index (χ0v) is 8.69. The van der Waals surface area contributed by atoms with Crippen molar-refractivity contribution in [2.45, 2.75) is 26.7 Å². The van der Waals surface area contributed by atoms with Crippen LogP contribution in [0.4, 0.5) is 4.79 Å². The van der Waals surface area contributed by atoms with Crippen LogP contribution < -0.4 is 0 Å². The van der Waals surface area contributed by atoms with Crippen molar-refractivity contribution >= 4 is 11.9 Å². The number of carbonyl (C=O) groups is 2. The molecule has 0 bridgehead atoms. The van der Waals surface area contributed by atoms with Gasteiger partial charge in [0.15, 0.2) is 0 Å². The molecule has 1 N–H and O–H groups in total. The van der Waals surface area contributed by atoms with Gasteiger partial charge in [-0.3, -0.25) is 4.79 Å². The van der Waals surface area contributed by atoms with Gasteiger partial charge in [-0.15, -0.1) is 0 Å². The summed E-state index contributed by atoms with van der Waals surface area (Å²) in [6.07, 6.45) is 0.348. The minimum Gasteiger partial charge on any atom is -0.465 e. The predicted molar refractivity (Wildman–Crippen MR) is 52.2 cm³/mol. The lowest BCUT2D eigenvalue weighted by atomic mass is 9.96. The topological polar surface area (TPSA) is 57.6 Å². The summed E-state index contributed by atoms with van der Waals surface area (Å²) in [5.74, 6) is 0.513. The zero-order chi connectivity index (χ0) is 10.7. The number of rotatable bonds is 3. The molecule has 1 rings (SSSR count). The van der Waals surface area contributed by atoms with Gasteiger partial charge < -0.3 is 10.0 Å². The molecule has 0 radical (unpaired) electrons. The molecule has 4 nitrogen and oxygen atoms in total. The lowest BCUT2D eigenvalue weighted by molar-refractivity contribution is -0.123. The second-order valence-electron chi connectivity index (χ2n) is 4.28. The van der Waals surface area contributed by atoms with E-state index in [0.29, 0.717) is 31.8 Å². The Kier molecular flexibility index (Phi) is 3.49. The van der Waals surface area contributed by atoms with E-state index in [1.165, 1.54) is 4.90 Å². The first-order valence-electron chi connectivity index (χ1n) is 5.01. The van der Waals surface area contributed by atoms with Crippen molar-refractivity contribution in [2.24, 2.45) is 11.8 Å². The van der Waals surface area contributed by atoms with Crippen molar-refractivity contribution in [1.82, 2.24) is 4.90 Å². The molecule has 0 unspecified atom stereocenters. The molecule has 1 aliphatic heterocycles. The third-order valence-electron chi connectivity index (χ3n) is 2.52. The molecule has 0 spiro atoms. The number of hydrogen-bond donors (Lipinski definition) is 1. The van der Waals surface area contributed by atoms with Crippen LogP contribution in [0.2, 0.25) is 0 Å². The fraction of sp³-hybridized carbons (Fsp3) is 0.800. The molecule has 0 saturated carbocycles. The van der Waals surface area contributed by atoms with Crippen LogP contribution in [-0.2, 0) is 4.79 Å². The molecule has 0 aromatic rings. The maximum Gasteiger partial charge on any atom is 0.407 e. The monoisotopic (exact) mass is 199 g/mol. The van der Waals surface area contributed by atoms with Gasteiger partial charge in [-0.25, -0.2) is 4.79 Å². The van der Waals surface area contributed by atoms with Crippen LogP contribution in [-0.4, -0.2) is 35.0 Å². The Bertz CT molecular complexity index is 238. The fourth-order valence-electron chi connectivity index (χ4n) is 1.77. The van der Waals surface area contributed by atoms with Crippen LogP contribution in [0.5, 0.6) is 0 Å². The number of amides is 1. The van der Waals surface area contributed by atoms with Crippen molar-refractivity contribution < 1.29 is 14.7 Å². The van der Waals surface area contributed by atoms with E-state index in [1.807, 2.05) is 13.8 Å². The minimum atomic E-state index is -0.912. The average molecular weight is 199 g/mol. The first-order valence-corrected chi connectivity index (χ1v) is 5.01. The number of nitrogens with zero attached hydrogens (tertiary/aromatic N) is 1. The van der Waals surface area contributed by atoms with Gasteiger partial charge in [0.05, 0.1) is 0 Å². The summed E-state index contributed by atoms with van der Waals surface area (Å²) in [6, 6.07) is 0. The Labute approximate surface area is 83.9 Å². The van der Waals surface area contributed by atoms with Gasteiger partial charge in [0.25, 0.3) is 0 Å². The number of likely N-dealkylation sites (tertiary alicyclic amines) is 1. The van der Waals surface area contributed by atoms with Gasteiger partial charge >= 0.3 is 6.09 Å². The minimum absolute atomic E-state index is 0.0616. The third kappa shape index (κ3) is 2.72. The molecule has 14 heavy (non-hydrogen) atoms. The van der Waals surface area contributed by atoms with E-state index >= 15 is 0 Å². The number of carboxylic acid groups (broad SMARTS) is 1. The molecule has 1 heterocycles. The number of Topliss-reactive ketones (excluding diaryl/α,β-unsaturated/α-hetero) is 1. The number of carbonyl (C=O) groups excluding carboxylic acids is 1. The molecule has 80 valence electrons. The van der Waals surface area contributed by atoms with Gasteiger partial charge in [0, 0.05) is 25.4 Å². The van der Waals surface area contributed by atoms with Crippen molar-refractivity contribution in [3.63, 3.8) is 0 Å². The Morgan fingerprint density at radius 2 is 2.14 bits per heavy atom. The largest absolute Gasteiger partial charge is 0.465 e. The summed E-state index contributed by atoms with van der Waals surface area (Å²) in [4.78, 5) is 23.5. The molecule has 0 aromatic carbocycles. The van der Waals surface area contributed by atoms with Crippen LogP contribution in [0.25, 0.3) is 0 Å². The standard InChI is InChI=1S/C10H17NO3/c1-7(2)5-9(12)8-3-4-11(6-8)10(13)14/h7-8H,3-6H2,1-2H3,(H,13,14)/t8-/m0/s1. The first kappa shape index (κ1) is 11.0. The Morgan fingerprint density at radius 1 is 1.50 bits per heavy atom. The maximum absolute atomic E-state index is 11.6. The van der Waals surface area contributed by atoms with E-state index in [2.05, 4.69) is 0 Å². The maximum atomic E-state index is 11.6. The van der Waals surface area contributed by atoms with Crippen molar-refractivity contribution in [2.75, 3.05) is 13.1 Å². The molecule has 1 aliphatic rings. The number of hydrogen-bond acceptors (Lipinski definition) is 2. The van der Waals surface area contributed by atoms with Gasteiger partial charge in [-0.2, -0.15) is 0 Å². The van der Waals surface area contributed by atoms with Gasteiger partial charge in [-0.1, -0.05) is 13.8 Å². The average Bonchev–Trinajstić information content (AvgIpc) is 2.50. The van der Waals surface area contributed by atoms with E-state index in [-0.39, 0.29) is 11.7 Å². The molecule has 4 heteroatoms. The summed E-state index contributed by atoms with van der Waals surface area (Å²) >= 11 is 0. The van der Waals surface area contributed by atoms with E-state index in [9.17, 15) is 9.59 Å². The SMILES string of the molecule is CC(C)CC(=O)[C@H]1CCN(C(=O)O)C1. The van der Waals surface area contributed by atoms with E-state index in [1.54, 1.807) is 0 Å². The molecular weight excluding hydrogens is 182 g/mol. The van der Waals surface area contributed by atoms with E-state index in [4.69, 9.17) is 5.11 Å². The van der Waals surface area contributed by atoms with E-state index in [0.717, 1.165) is 0 Å². The Morgan fingerprint density at radius 3 is 2.57 bits per heavy atom. The highest BCUT2D eigenvalue weighted by molar-refractivity contribution is 5.82. The van der Waals surface area contributed by atoms with Gasteiger partial charge in [-0.05, 0) is 12.3 Å². The third-order valence-corrected chi connectivity index (χ3v) is 2.52. The lowest BCUT2D eigenvalue weighted by Gasteiger charge is -2.12.